The van der Waals surface area contributed by atoms with Gasteiger partial charge in [-0.2, -0.15) is 0 Å². The molecule has 2 heterocycles. The predicted octanol–water partition coefficient (Wildman–Crippen LogP) is 3.02. The standard InChI is InChI=1S/C23H20FN3O/c1-27(2)20-7-11-22(12-8-20)28-21-9-4-16(5-10-21)3-6-19-14-17-13-18(24)15-25-23(17)26-19/h4-5,7-14,18H,15H2,1-2H3,(H,25,26). The molecule has 1 aliphatic rings. The number of nitrogens with one attached hydrogen (secondary N) is 1. The SMILES string of the molecule is CN(C)c1ccc(Oc2ccc(C#Cc3cc4c([nH]3)=NCC(F)C=4)cc2)cc1. The predicted molar refractivity (Wildman–Crippen MR) is 109 cm³/mol. The summed E-state index contributed by atoms with van der Waals surface area (Å²) in [6.45, 7) is 0.166. The molecule has 1 aromatic heterocycles. The minimum atomic E-state index is -1.02. The zero-order valence-electron chi connectivity index (χ0n) is 15.7. The summed E-state index contributed by atoms with van der Waals surface area (Å²) < 4.78 is 19.2. The Morgan fingerprint density at radius 3 is 2.39 bits per heavy atom. The van der Waals surface area contributed by atoms with Crippen molar-refractivity contribution in [2.45, 2.75) is 6.17 Å². The van der Waals surface area contributed by atoms with Crippen LogP contribution in [0.3, 0.4) is 0 Å². The second-order valence-corrected chi connectivity index (χ2v) is 6.78. The Morgan fingerprint density at radius 1 is 1.04 bits per heavy atom. The van der Waals surface area contributed by atoms with E-state index in [1.54, 1.807) is 6.08 Å². The number of alkyl halides is 1. The number of hydrogen-bond donors (Lipinski definition) is 1. The first kappa shape index (κ1) is 17.9. The van der Waals surface area contributed by atoms with Crippen LogP contribution in [0, 0.1) is 11.8 Å². The number of H-pyrrole nitrogens is 1. The number of halogens is 1. The number of rotatable bonds is 3. The van der Waals surface area contributed by atoms with Gasteiger partial charge in [-0.3, -0.25) is 4.99 Å². The fourth-order valence-electron chi connectivity index (χ4n) is 2.91. The number of ether oxygens (including phenoxy) is 1. The van der Waals surface area contributed by atoms with Crippen LogP contribution in [-0.2, 0) is 0 Å². The van der Waals surface area contributed by atoms with Crippen LogP contribution in [0.1, 0.15) is 11.3 Å². The molecule has 1 aliphatic heterocycles. The van der Waals surface area contributed by atoms with Crippen LogP contribution in [0.15, 0.2) is 59.6 Å². The molecule has 140 valence electrons. The molecule has 1 unspecified atom stereocenters. The lowest BCUT2D eigenvalue weighted by atomic mass is 10.2. The molecule has 28 heavy (non-hydrogen) atoms. The summed E-state index contributed by atoms with van der Waals surface area (Å²) in [4.78, 5) is 9.32. The molecule has 0 fully saturated rings. The third-order valence-electron chi connectivity index (χ3n) is 4.40. The molecule has 4 rings (SSSR count). The van der Waals surface area contributed by atoms with E-state index in [2.05, 4.69) is 21.8 Å². The summed E-state index contributed by atoms with van der Waals surface area (Å²) in [7, 11) is 4.01. The number of nitrogens with zero attached hydrogens (tertiary/aromatic N) is 2. The first-order valence-electron chi connectivity index (χ1n) is 9.03. The molecular formula is C23H20FN3O. The first-order chi connectivity index (χ1) is 13.6. The maximum Gasteiger partial charge on any atom is 0.139 e. The number of hydrogen-bond acceptors (Lipinski definition) is 3. The van der Waals surface area contributed by atoms with Crippen molar-refractivity contribution >= 4 is 11.8 Å². The van der Waals surface area contributed by atoms with Crippen molar-refractivity contribution in [1.29, 1.82) is 0 Å². The van der Waals surface area contributed by atoms with Crippen molar-refractivity contribution in [3.63, 3.8) is 0 Å². The average Bonchev–Trinajstić information content (AvgIpc) is 3.10. The number of aromatic amines is 1. The summed E-state index contributed by atoms with van der Waals surface area (Å²) in [6, 6.07) is 17.3. The van der Waals surface area contributed by atoms with E-state index in [-0.39, 0.29) is 6.54 Å². The summed E-state index contributed by atoms with van der Waals surface area (Å²) >= 11 is 0. The molecule has 0 saturated heterocycles. The zero-order chi connectivity index (χ0) is 19.5. The molecule has 0 aliphatic carbocycles. The maximum absolute atomic E-state index is 13.4. The van der Waals surface area contributed by atoms with Crippen LogP contribution < -0.4 is 20.3 Å². The molecule has 5 heteroatoms. The molecule has 0 amide bonds. The van der Waals surface area contributed by atoms with E-state index in [9.17, 15) is 4.39 Å². The third kappa shape index (κ3) is 4.07. The third-order valence-corrected chi connectivity index (χ3v) is 4.40. The van der Waals surface area contributed by atoms with Crippen molar-refractivity contribution in [1.82, 2.24) is 4.98 Å². The molecule has 0 saturated carbocycles. The molecule has 1 N–H and O–H groups in total. The second kappa shape index (κ2) is 7.61. The minimum absolute atomic E-state index is 0.166. The fraction of sp³-hybridized carbons (Fsp3) is 0.174. The molecule has 4 nitrogen and oxygen atoms in total. The van der Waals surface area contributed by atoms with Crippen molar-refractivity contribution in [2.24, 2.45) is 4.99 Å². The summed E-state index contributed by atoms with van der Waals surface area (Å²) in [6.07, 6.45) is 0.553. The molecule has 0 radical (unpaired) electrons. The number of anilines is 1. The Kier molecular flexibility index (Phi) is 4.86. The highest BCUT2D eigenvalue weighted by Crippen LogP contribution is 2.24. The lowest BCUT2D eigenvalue weighted by Gasteiger charge is -2.13. The number of fused-ring (bicyclic) bond motifs is 1. The van der Waals surface area contributed by atoms with E-state index in [0.717, 1.165) is 33.7 Å². The summed E-state index contributed by atoms with van der Waals surface area (Å²) in [5, 5.41) is 0.770. The molecule has 2 aromatic carbocycles. The Balaban J connectivity index is 1.46. The van der Waals surface area contributed by atoms with Gasteiger partial charge in [-0.05, 0) is 66.6 Å². The largest absolute Gasteiger partial charge is 0.457 e. The van der Waals surface area contributed by atoms with Gasteiger partial charge in [0.2, 0.25) is 0 Å². The summed E-state index contributed by atoms with van der Waals surface area (Å²) in [5.74, 6) is 7.70. The minimum Gasteiger partial charge on any atom is -0.457 e. The molecule has 3 aromatic rings. The van der Waals surface area contributed by atoms with Crippen LogP contribution in [0.5, 0.6) is 11.5 Å². The van der Waals surface area contributed by atoms with Gasteiger partial charge in [0.25, 0.3) is 0 Å². The smallest absolute Gasteiger partial charge is 0.139 e. The fourth-order valence-corrected chi connectivity index (χ4v) is 2.91. The second-order valence-electron chi connectivity index (χ2n) is 6.78. The average molecular weight is 373 g/mol. The highest BCUT2D eigenvalue weighted by molar-refractivity contribution is 5.49. The van der Waals surface area contributed by atoms with Crippen molar-refractivity contribution in [2.75, 3.05) is 25.5 Å². The molecular weight excluding hydrogens is 353 g/mol. The van der Waals surface area contributed by atoms with E-state index >= 15 is 0 Å². The lowest BCUT2D eigenvalue weighted by Crippen LogP contribution is -2.30. The lowest BCUT2D eigenvalue weighted by molar-refractivity contribution is 0.422. The van der Waals surface area contributed by atoms with Crippen LogP contribution in [0.2, 0.25) is 0 Å². The Hall–Kier alpha value is -3.52. The van der Waals surface area contributed by atoms with E-state index in [0.29, 0.717) is 5.49 Å². The van der Waals surface area contributed by atoms with E-state index < -0.39 is 6.17 Å². The van der Waals surface area contributed by atoms with Gasteiger partial charge in [0.05, 0.1) is 12.2 Å². The van der Waals surface area contributed by atoms with Crippen molar-refractivity contribution < 1.29 is 9.13 Å². The van der Waals surface area contributed by atoms with E-state index in [1.807, 2.05) is 73.6 Å². The molecule has 0 bridgehead atoms. The number of benzene rings is 2. The van der Waals surface area contributed by atoms with Gasteiger partial charge in [0.15, 0.2) is 0 Å². The van der Waals surface area contributed by atoms with Gasteiger partial charge in [0.1, 0.15) is 23.2 Å². The van der Waals surface area contributed by atoms with Crippen LogP contribution in [0.4, 0.5) is 10.1 Å². The van der Waals surface area contributed by atoms with Crippen molar-refractivity contribution in [3.8, 4) is 23.3 Å². The number of aromatic nitrogens is 1. The molecule has 0 spiro atoms. The van der Waals surface area contributed by atoms with Crippen LogP contribution >= 0.6 is 0 Å². The van der Waals surface area contributed by atoms with Gasteiger partial charge < -0.3 is 14.6 Å². The van der Waals surface area contributed by atoms with Crippen LogP contribution in [-0.4, -0.2) is 31.8 Å². The Bertz CT molecular complexity index is 1150. The highest BCUT2D eigenvalue weighted by atomic mass is 19.1. The van der Waals surface area contributed by atoms with E-state index in [4.69, 9.17) is 4.74 Å². The van der Waals surface area contributed by atoms with Gasteiger partial charge in [-0.15, -0.1) is 0 Å². The van der Waals surface area contributed by atoms with Crippen molar-refractivity contribution in [3.05, 3.63) is 76.6 Å². The quantitative estimate of drug-likeness (QED) is 0.717. The zero-order valence-corrected chi connectivity index (χ0v) is 15.7. The van der Waals surface area contributed by atoms with Gasteiger partial charge in [0, 0.05) is 30.6 Å². The van der Waals surface area contributed by atoms with Gasteiger partial charge >= 0.3 is 0 Å². The Morgan fingerprint density at radius 2 is 1.71 bits per heavy atom. The topological polar surface area (TPSA) is 40.6 Å². The normalized spacial score (nSPS) is 14.8. The highest BCUT2D eigenvalue weighted by Gasteiger charge is 2.07. The maximum atomic E-state index is 13.4. The summed E-state index contributed by atoms with van der Waals surface area (Å²) in [5.41, 5.74) is 3.41. The van der Waals surface area contributed by atoms with E-state index in [1.165, 1.54) is 0 Å². The van der Waals surface area contributed by atoms with Gasteiger partial charge in [-0.1, -0.05) is 5.92 Å². The monoisotopic (exact) mass is 373 g/mol. The Labute approximate surface area is 163 Å². The molecule has 1 atom stereocenters. The first-order valence-corrected chi connectivity index (χ1v) is 9.03. The van der Waals surface area contributed by atoms with Crippen LogP contribution in [0.25, 0.3) is 6.08 Å². The van der Waals surface area contributed by atoms with Gasteiger partial charge in [-0.25, -0.2) is 4.39 Å².